The first-order valence-corrected chi connectivity index (χ1v) is 16.9. The fourth-order valence-electron chi connectivity index (χ4n) is 7.25. The van der Waals surface area contributed by atoms with Crippen LogP contribution < -0.4 is 5.32 Å². The molecule has 0 fully saturated rings. The Bertz CT molecular complexity index is 2740. The maximum absolute atomic E-state index is 6.38. The molecule has 0 amide bonds. The summed E-state index contributed by atoms with van der Waals surface area (Å²) in [5, 5.41) is 8.21. The standard InChI is InChI=1S/C45H30N4O/c1-3-12-29(13-4-1)31-16-11-17-32(26-31)44-46-43(30-14-5-2-6-15-30)47-45(48-44)33-22-24-41-37(27-33)38-28-34(23-25-42(38)50-41)49-39-20-9-7-18-35(39)36-19-8-10-21-40(36)49/h1-28,43H,(H,46,47,48). The number of amidine groups is 2. The molecule has 0 saturated carbocycles. The highest BCUT2D eigenvalue weighted by molar-refractivity contribution is 6.16. The van der Waals surface area contributed by atoms with Gasteiger partial charge in [0.15, 0.2) is 5.84 Å². The lowest BCUT2D eigenvalue weighted by molar-refractivity contribution is 0.668. The van der Waals surface area contributed by atoms with Crippen LogP contribution in [0.1, 0.15) is 22.9 Å². The van der Waals surface area contributed by atoms with Crippen LogP contribution in [0.15, 0.2) is 184 Å². The maximum atomic E-state index is 6.38. The van der Waals surface area contributed by atoms with Crippen molar-refractivity contribution in [1.82, 2.24) is 9.88 Å². The predicted molar refractivity (Wildman–Crippen MR) is 205 cm³/mol. The molecular formula is C45H30N4O. The van der Waals surface area contributed by atoms with E-state index in [0.717, 1.165) is 61.3 Å². The molecule has 5 heteroatoms. The van der Waals surface area contributed by atoms with Gasteiger partial charge in [-0.2, -0.15) is 0 Å². The molecule has 1 unspecified atom stereocenters. The summed E-state index contributed by atoms with van der Waals surface area (Å²) in [7, 11) is 0. The molecule has 7 aromatic carbocycles. The number of hydrogen-bond donors (Lipinski definition) is 1. The third-order valence-electron chi connectivity index (χ3n) is 9.65. The summed E-state index contributed by atoms with van der Waals surface area (Å²) in [5.41, 5.74) is 10.4. The highest BCUT2D eigenvalue weighted by Crippen LogP contribution is 2.36. The fraction of sp³-hybridized carbons (Fsp3) is 0.0222. The van der Waals surface area contributed by atoms with Crippen LogP contribution in [0, 0.1) is 0 Å². The summed E-state index contributed by atoms with van der Waals surface area (Å²) in [4.78, 5) is 10.3. The van der Waals surface area contributed by atoms with Crippen molar-refractivity contribution >= 4 is 55.4 Å². The van der Waals surface area contributed by atoms with Crippen molar-refractivity contribution in [3.63, 3.8) is 0 Å². The highest BCUT2D eigenvalue weighted by atomic mass is 16.3. The molecule has 1 aliphatic rings. The second-order valence-electron chi connectivity index (χ2n) is 12.7. The SMILES string of the molecule is c1ccc(-c2cccc(C3=NC(c4ccccc4)NC(c4ccc5oc6ccc(-n7c8ccccc8c8ccccc87)cc6c5c4)=N3)c2)cc1. The van der Waals surface area contributed by atoms with E-state index in [0.29, 0.717) is 5.84 Å². The second-order valence-corrected chi connectivity index (χ2v) is 12.7. The third-order valence-corrected chi connectivity index (χ3v) is 9.65. The van der Waals surface area contributed by atoms with Crippen molar-refractivity contribution in [3.05, 3.63) is 187 Å². The Kier molecular flexibility index (Phi) is 6.49. The Morgan fingerprint density at radius 1 is 0.480 bits per heavy atom. The molecule has 5 nitrogen and oxygen atoms in total. The summed E-state index contributed by atoms with van der Waals surface area (Å²) in [6.45, 7) is 0. The highest BCUT2D eigenvalue weighted by Gasteiger charge is 2.22. The largest absolute Gasteiger partial charge is 0.456 e. The number of para-hydroxylation sites is 2. The number of aliphatic imine (C=N–C) groups is 2. The number of aromatic nitrogens is 1. The zero-order chi connectivity index (χ0) is 33.0. The van der Waals surface area contributed by atoms with Gasteiger partial charge in [-0.05, 0) is 71.3 Å². The maximum Gasteiger partial charge on any atom is 0.159 e. The Labute approximate surface area is 288 Å². The number of rotatable bonds is 5. The molecule has 1 aliphatic heterocycles. The lowest BCUT2D eigenvalue weighted by Gasteiger charge is -2.24. The van der Waals surface area contributed by atoms with Gasteiger partial charge in [0.25, 0.3) is 0 Å². The van der Waals surface area contributed by atoms with Gasteiger partial charge >= 0.3 is 0 Å². The van der Waals surface area contributed by atoms with Crippen LogP contribution in [0.5, 0.6) is 0 Å². The van der Waals surface area contributed by atoms with Crippen LogP contribution >= 0.6 is 0 Å². The smallest absolute Gasteiger partial charge is 0.159 e. The van der Waals surface area contributed by atoms with Gasteiger partial charge in [-0.15, -0.1) is 0 Å². The average molecular weight is 643 g/mol. The number of fused-ring (bicyclic) bond motifs is 6. The van der Waals surface area contributed by atoms with E-state index in [1.165, 1.54) is 21.8 Å². The van der Waals surface area contributed by atoms with Crippen molar-refractivity contribution in [2.24, 2.45) is 9.98 Å². The summed E-state index contributed by atoms with van der Waals surface area (Å²) in [6, 6.07) is 59.2. The van der Waals surface area contributed by atoms with E-state index in [1.807, 2.05) is 30.3 Å². The van der Waals surface area contributed by atoms with Gasteiger partial charge in [-0.25, -0.2) is 9.98 Å². The third kappa shape index (κ3) is 4.71. The minimum absolute atomic E-state index is 0.294. The number of nitrogens with one attached hydrogen (secondary N) is 1. The second kappa shape index (κ2) is 11.5. The van der Waals surface area contributed by atoms with Crippen LogP contribution in [-0.2, 0) is 0 Å². The Morgan fingerprint density at radius 3 is 1.86 bits per heavy atom. The lowest BCUT2D eigenvalue weighted by atomic mass is 10.0. The van der Waals surface area contributed by atoms with Gasteiger partial charge in [0, 0.05) is 38.4 Å². The summed E-state index contributed by atoms with van der Waals surface area (Å²) in [6.07, 6.45) is -0.294. The van der Waals surface area contributed by atoms with E-state index < -0.39 is 0 Å². The quantitative estimate of drug-likeness (QED) is 0.203. The average Bonchev–Trinajstić information content (AvgIpc) is 3.73. The molecule has 1 atom stereocenters. The van der Waals surface area contributed by atoms with E-state index >= 15 is 0 Å². The zero-order valence-corrected chi connectivity index (χ0v) is 27.0. The van der Waals surface area contributed by atoms with Gasteiger partial charge in [0.05, 0.1) is 11.0 Å². The molecular weight excluding hydrogens is 613 g/mol. The van der Waals surface area contributed by atoms with Crippen molar-refractivity contribution in [3.8, 4) is 16.8 Å². The lowest BCUT2D eigenvalue weighted by Crippen LogP contribution is -2.33. The molecule has 0 aliphatic carbocycles. The van der Waals surface area contributed by atoms with E-state index in [9.17, 15) is 0 Å². The molecule has 0 bridgehead atoms. The molecule has 10 rings (SSSR count). The van der Waals surface area contributed by atoms with E-state index in [1.54, 1.807) is 0 Å². The first-order valence-electron chi connectivity index (χ1n) is 16.9. The number of benzene rings is 7. The summed E-state index contributed by atoms with van der Waals surface area (Å²) < 4.78 is 8.73. The number of furan rings is 1. The predicted octanol–water partition coefficient (Wildman–Crippen LogP) is 10.8. The molecule has 2 aromatic heterocycles. The van der Waals surface area contributed by atoms with Gasteiger partial charge in [0.1, 0.15) is 23.2 Å². The topological polar surface area (TPSA) is 54.8 Å². The Hall–Kier alpha value is -6.72. The number of nitrogens with zero attached hydrogens (tertiary/aromatic N) is 3. The van der Waals surface area contributed by atoms with Crippen LogP contribution in [0.2, 0.25) is 0 Å². The van der Waals surface area contributed by atoms with Crippen LogP contribution in [0.25, 0.3) is 60.6 Å². The molecule has 0 radical (unpaired) electrons. The van der Waals surface area contributed by atoms with Crippen molar-refractivity contribution < 1.29 is 4.42 Å². The molecule has 1 N–H and O–H groups in total. The Balaban J connectivity index is 1.11. The van der Waals surface area contributed by atoms with Gasteiger partial charge in [-0.3, -0.25) is 0 Å². The first-order chi connectivity index (χ1) is 24.8. The van der Waals surface area contributed by atoms with Gasteiger partial charge in [0.2, 0.25) is 0 Å². The molecule has 3 heterocycles. The van der Waals surface area contributed by atoms with E-state index in [2.05, 4.69) is 149 Å². The van der Waals surface area contributed by atoms with Crippen molar-refractivity contribution in [1.29, 1.82) is 0 Å². The number of hydrogen-bond acceptors (Lipinski definition) is 4. The van der Waals surface area contributed by atoms with Crippen LogP contribution in [0.4, 0.5) is 0 Å². The van der Waals surface area contributed by atoms with Crippen LogP contribution in [0.3, 0.4) is 0 Å². The summed E-state index contributed by atoms with van der Waals surface area (Å²) >= 11 is 0. The van der Waals surface area contributed by atoms with Crippen LogP contribution in [-0.4, -0.2) is 16.2 Å². The normalized spacial score (nSPS) is 14.6. The minimum atomic E-state index is -0.294. The molecule has 0 saturated heterocycles. The molecule has 0 spiro atoms. The fourth-order valence-corrected chi connectivity index (χ4v) is 7.25. The molecule has 50 heavy (non-hydrogen) atoms. The molecule has 236 valence electrons. The van der Waals surface area contributed by atoms with Gasteiger partial charge in [-0.1, -0.05) is 115 Å². The minimum Gasteiger partial charge on any atom is -0.456 e. The molecule has 9 aromatic rings. The van der Waals surface area contributed by atoms with Crippen molar-refractivity contribution in [2.75, 3.05) is 0 Å². The summed E-state index contributed by atoms with van der Waals surface area (Å²) in [5.74, 6) is 1.46. The van der Waals surface area contributed by atoms with Gasteiger partial charge < -0.3 is 14.3 Å². The first kappa shape index (κ1) is 28.3. The zero-order valence-electron chi connectivity index (χ0n) is 27.0. The van der Waals surface area contributed by atoms with E-state index in [-0.39, 0.29) is 6.17 Å². The van der Waals surface area contributed by atoms with E-state index in [4.69, 9.17) is 14.4 Å². The van der Waals surface area contributed by atoms with Crippen molar-refractivity contribution in [2.45, 2.75) is 6.17 Å². The monoisotopic (exact) mass is 642 g/mol. The Morgan fingerprint density at radius 2 is 1.10 bits per heavy atom.